The molecule has 1 aromatic carbocycles. The summed E-state index contributed by atoms with van der Waals surface area (Å²) in [6, 6.07) is 7.87. The first-order valence-electron chi connectivity index (χ1n) is 8.31. The van der Waals surface area contributed by atoms with Crippen LogP contribution in [0.15, 0.2) is 35.2 Å². The van der Waals surface area contributed by atoms with Crippen molar-refractivity contribution in [1.29, 1.82) is 0 Å². The van der Waals surface area contributed by atoms with E-state index in [1.54, 1.807) is 32.0 Å². The van der Waals surface area contributed by atoms with Gasteiger partial charge in [-0.2, -0.15) is 4.31 Å². The van der Waals surface area contributed by atoms with Gasteiger partial charge < -0.3 is 10.0 Å². The van der Waals surface area contributed by atoms with Crippen LogP contribution in [0.25, 0.3) is 0 Å². The Morgan fingerprint density at radius 3 is 2.48 bits per heavy atom. The lowest BCUT2D eigenvalue weighted by Gasteiger charge is -2.35. The van der Waals surface area contributed by atoms with Crippen LogP contribution in [-0.2, 0) is 19.6 Å². The quantitative estimate of drug-likeness (QED) is 0.819. The number of aliphatic carboxylic acids is 1. The number of sulfonamides is 1. The van der Waals surface area contributed by atoms with Crippen molar-refractivity contribution in [2.24, 2.45) is 5.92 Å². The molecule has 7 nitrogen and oxygen atoms in total. The molecule has 8 heteroatoms. The second-order valence-electron chi connectivity index (χ2n) is 6.47. The number of carbonyl (C=O) groups excluding carboxylic acids is 1. The number of carbonyl (C=O) groups is 2. The molecule has 25 heavy (non-hydrogen) atoms. The molecule has 1 aromatic rings. The van der Waals surface area contributed by atoms with Gasteiger partial charge in [-0.1, -0.05) is 18.2 Å². The summed E-state index contributed by atoms with van der Waals surface area (Å²) in [5.74, 6) is -1.90. The zero-order valence-corrected chi connectivity index (χ0v) is 15.3. The second kappa shape index (κ2) is 7.97. The van der Waals surface area contributed by atoms with E-state index < -0.39 is 21.9 Å². The minimum absolute atomic E-state index is 0.0822. The summed E-state index contributed by atoms with van der Waals surface area (Å²) < 4.78 is 26.8. The summed E-state index contributed by atoms with van der Waals surface area (Å²) >= 11 is 0. The van der Waals surface area contributed by atoms with Gasteiger partial charge in [0.15, 0.2) is 0 Å². The van der Waals surface area contributed by atoms with E-state index in [0.29, 0.717) is 19.4 Å². The monoisotopic (exact) mass is 368 g/mol. The molecule has 0 bridgehead atoms. The van der Waals surface area contributed by atoms with E-state index in [-0.39, 0.29) is 29.9 Å². The maximum atomic E-state index is 12.7. The molecule has 1 amide bonds. The van der Waals surface area contributed by atoms with Crippen molar-refractivity contribution < 1.29 is 23.1 Å². The van der Waals surface area contributed by atoms with Crippen LogP contribution in [0.2, 0.25) is 0 Å². The number of rotatable bonds is 6. The normalized spacial score (nSPS) is 18.9. The standard InChI is InChI=1S/C17H24N2O5S/c1-13(2)19(12-16(20)21)17(22)14-7-6-10-18(11-14)25(23,24)15-8-4-3-5-9-15/h3-5,8-9,13-14H,6-7,10-12H2,1-2H3,(H,20,21). The van der Waals surface area contributed by atoms with Crippen molar-refractivity contribution >= 4 is 21.9 Å². The lowest BCUT2D eigenvalue weighted by atomic mass is 9.97. The lowest BCUT2D eigenvalue weighted by molar-refractivity contribution is -0.148. The van der Waals surface area contributed by atoms with E-state index in [9.17, 15) is 18.0 Å². The molecule has 0 radical (unpaired) electrons. The fraction of sp³-hybridized carbons (Fsp3) is 0.529. The molecule has 1 fully saturated rings. The molecule has 0 aromatic heterocycles. The van der Waals surface area contributed by atoms with Crippen molar-refractivity contribution in [3.8, 4) is 0 Å². The third kappa shape index (κ3) is 4.58. The molecule has 1 unspecified atom stereocenters. The van der Waals surface area contributed by atoms with Gasteiger partial charge in [0, 0.05) is 19.1 Å². The van der Waals surface area contributed by atoms with Crippen molar-refractivity contribution in [3.05, 3.63) is 30.3 Å². The summed E-state index contributed by atoms with van der Waals surface area (Å²) in [7, 11) is -3.65. The molecule has 1 aliphatic rings. The third-order valence-corrected chi connectivity index (χ3v) is 6.21. The van der Waals surface area contributed by atoms with Crippen LogP contribution in [0.1, 0.15) is 26.7 Å². The number of nitrogens with zero attached hydrogens (tertiary/aromatic N) is 2. The Labute approximate surface area is 148 Å². The van der Waals surface area contributed by atoms with E-state index in [2.05, 4.69) is 0 Å². The molecular weight excluding hydrogens is 344 g/mol. The maximum absolute atomic E-state index is 12.7. The molecule has 1 saturated heterocycles. The summed E-state index contributed by atoms with van der Waals surface area (Å²) in [6.45, 7) is 3.57. The van der Waals surface area contributed by atoms with Gasteiger partial charge in [-0.05, 0) is 38.8 Å². The van der Waals surface area contributed by atoms with Crippen molar-refractivity contribution in [2.45, 2.75) is 37.6 Å². The van der Waals surface area contributed by atoms with Gasteiger partial charge in [0.25, 0.3) is 0 Å². The van der Waals surface area contributed by atoms with E-state index in [1.807, 2.05) is 0 Å². The number of hydrogen-bond acceptors (Lipinski definition) is 4. The van der Waals surface area contributed by atoms with E-state index in [0.717, 1.165) is 0 Å². The Hall–Kier alpha value is -1.93. The summed E-state index contributed by atoms with van der Waals surface area (Å²) in [4.78, 5) is 25.2. The first-order valence-corrected chi connectivity index (χ1v) is 9.75. The van der Waals surface area contributed by atoms with Crippen LogP contribution in [0.3, 0.4) is 0 Å². The highest BCUT2D eigenvalue weighted by molar-refractivity contribution is 7.89. The fourth-order valence-corrected chi connectivity index (χ4v) is 4.54. The van der Waals surface area contributed by atoms with Crippen LogP contribution in [0, 0.1) is 5.92 Å². The van der Waals surface area contributed by atoms with Gasteiger partial charge in [0.1, 0.15) is 6.54 Å². The van der Waals surface area contributed by atoms with Gasteiger partial charge in [-0.15, -0.1) is 0 Å². The second-order valence-corrected chi connectivity index (χ2v) is 8.41. The van der Waals surface area contributed by atoms with Crippen LogP contribution in [0.5, 0.6) is 0 Å². The van der Waals surface area contributed by atoms with Crippen LogP contribution in [0.4, 0.5) is 0 Å². The molecule has 0 aliphatic carbocycles. The first-order chi connectivity index (χ1) is 11.7. The number of benzene rings is 1. The number of carboxylic acid groups (broad SMARTS) is 1. The summed E-state index contributed by atoms with van der Waals surface area (Å²) in [5, 5.41) is 9.01. The lowest BCUT2D eigenvalue weighted by Crippen LogP contribution is -2.49. The molecule has 1 aliphatic heterocycles. The smallest absolute Gasteiger partial charge is 0.323 e. The van der Waals surface area contributed by atoms with Gasteiger partial charge >= 0.3 is 5.97 Å². The predicted molar refractivity (Wildman–Crippen MR) is 92.4 cm³/mol. The predicted octanol–water partition coefficient (Wildman–Crippen LogP) is 1.41. The molecule has 0 saturated carbocycles. The van der Waals surface area contributed by atoms with Crippen LogP contribution in [-0.4, -0.2) is 60.3 Å². The Balaban J connectivity index is 2.17. The Morgan fingerprint density at radius 1 is 1.28 bits per heavy atom. The van der Waals surface area contributed by atoms with Crippen molar-refractivity contribution in [2.75, 3.05) is 19.6 Å². The minimum Gasteiger partial charge on any atom is -0.480 e. The molecule has 138 valence electrons. The van der Waals surface area contributed by atoms with Crippen molar-refractivity contribution in [1.82, 2.24) is 9.21 Å². The van der Waals surface area contributed by atoms with Crippen LogP contribution < -0.4 is 0 Å². The van der Waals surface area contributed by atoms with E-state index in [4.69, 9.17) is 5.11 Å². The zero-order valence-electron chi connectivity index (χ0n) is 14.5. The highest BCUT2D eigenvalue weighted by Gasteiger charge is 2.36. The zero-order chi connectivity index (χ0) is 18.6. The molecule has 0 spiro atoms. The Kier molecular flexibility index (Phi) is 6.18. The number of carboxylic acids is 1. The van der Waals surface area contributed by atoms with Crippen molar-refractivity contribution in [3.63, 3.8) is 0 Å². The highest BCUT2D eigenvalue weighted by Crippen LogP contribution is 2.25. The average molecular weight is 368 g/mol. The molecule has 1 atom stereocenters. The Morgan fingerprint density at radius 2 is 1.92 bits per heavy atom. The van der Waals surface area contributed by atoms with E-state index in [1.165, 1.54) is 21.3 Å². The fourth-order valence-electron chi connectivity index (χ4n) is 3.00. The Bertz CT molecular complexity index is 718. The third-order valence-electron chi connectivity index (χ3n) is 4.33. The van der Waals surface area contributed by atoms with Gasteiger partial charge in [-0.25, -0.2) is 8.42 Å². The topological polar surface area (TPSA) is 95.0 Å². The van der Waals surface area contributed by atoms with Gasteiger partial charge in [0.2, 0.25) is 15.9 Å². The SMILES string of the molecule is CC(C)N(CC(=O)O)C(=O)C1CCCN(S(=O)(=O)c2ccccc2)C1. The molecule has 1 N–H and O–H groups in total. The van der Waals surface area contributed by atoms with Crippen LogP contribution >= 0.6 is 0 Å². The number of hydrogen-bond donors (Lipinski definition) is 1. The maximum Gasteiger partial charge on any atom is 0.323 e. The van der Waals surface area contributed by atoms with Gasteiger partial charge in [0.05, 0.1) is 10.8 Å². The minimum atomic E-state index is -3.65. The molecule has 2 rings (SSSR count). The van der Waals surface area contributed by atoms with Gasteiger partial charge in [-0.3, -0.25) is 9.59 Å². The summed E-state index contributed by atoms with van der Waals surface area (Å²) in [5.41, 5.74) is 0. The average Bonchev–Trinajstić information content (AvgIpc) is 2.59. The first kappa shape index (κ1) is 19.4. The largest absolute Gasteiger partial charge is 0.480 e. The highest BCUT2D eigenvalue weighted by atomic mass is 32.2. The van der Waals surface area contributed by atoms with E-state index >= 15 is 0 Å². The summed E-state index contributed by atoms with van der Waals surface area (Å²) in [6.07, 6.45) is 1.13. The number of piperidine rings is 1. The number of amides is 1. The molecular formula is C17H24N2O5S. The molecule has 1 heterocycles.